The topological polar surface area (TPSA) is 182 Å². The number of fused-ring (bicyclic) bond motifs is 3. The van der Waals surface area contributed by atoms with Gasteiger partial charge in [0, 0.05) is 22.6 Å². The highest BCUT2D eigenvalue weighted by Gasteiger charge is 2.67. The fourth-order valence-corrected chi connectivity index (χ4v) is 6.10. The van der Waals surface area contributed by atoms with Gasteiger partial charge in [-0.05, 0) is 56.1 Å². The quantitative estimate of drug-likeness (QED) is 0.299. The van der Waals surface area contributed by atoms with Crippen molar-refractivity contribution in [2.75, 3.05) is 20.7 Å². The van der Waals surface area contributed by atoms with Crippen LogP contribution >= 0.6 is 11.6 Å². The lowest BCUT2D eigenvalue weighted by Crippen LogP contribution is -2.73. The average molecular weight is 507 g/mol. The molecule has 1 amide bonds. The van der Waals surface area contributed by atoms with E-state index in [0.29, 0.717) is 11.1 Å². The van der Waals surface area contributed by atoms with Gasteiger partial charge in [-0.15, -0.1) is 0 Å². The van der Waals surface area contributed by atoms with Crippen molar-refractivity contribution in [1.82, 2.24) is 4.90 Å². The van der Waals surface area contributed by atoms with Gasteiger partial charge < -0.3 is 36.2 Å². The van der Waals surface area contributed by atoms with Crippen molar-refractivity contribution in [2.24, 2.45) is 23.5 Å². The van der Waals surface area contributed by atoms with E-state index in [-0.39, 0.29) is 34.8 Å². The van der Waals surface area contributed by atoms with E-state index >= 15 is 0 Å². The van der Waals surface area contributed by atoms with Gasteiger partial charge in [0.1, 0.15) is 17.4 Å². The van der Waals surface area contributed by atoms with Crippen molar-refractivity contribution in [1.29, 1.82) is 0 Å². The van der Waals surface area contributed by atoms with E-state index in [1.807, 2.05) is 0 Å². The minimum Gasteiger partial charge on any atom is -0.507 e. The van der Waals surface area contributed by atoms with E-state index in [1.54, 1.807) is 20.2 Å². The Morgan fingerprint density at radius 3 is 2.51 bits per heavy atom. The van der Waals surface area contributed by atoms with Crippen LogP contribution in [0.1, 0.15) is 23.1 Å². The Morgan fingerprint density at radius 2 is 1.94 bits per heavy atom. The Morgan fingerprint density at radius 1 is 1.29 bits per heavy atom. The monoisotopic (exact) mass is 506 g/mol. The van der Waals surface area contributed by atoms with Gasteiger partial charge in [0.15, 0.2) is 11.4 Å². The molecule has 0 aliphatic heterocycles. The van der Waals surface area contributed by atoms with E-state index in [9.17, 15) is 39.9 Å². The number of nitrogens with zero attached hydrogens (tertiary/aromatic N) is 1. The molecule has 7 N–H and O–H groups in total. The van der Waals surface area contributed by atoms with Crippen molar-refractivity contribution in [3.8, 4) is 5.75 Å². The molecule has 0 radical (unpaired) electrons. The summed E-state index contributed by atoms with van der Waals surface area (Å²) in [4.78, 5) is 40.6. The van der Waals surface area contributed by atoms with E-state index in [2.05, 4.69) is 0 Å². The number of benzene rings is 1. The van der Waals surface area contributed by atoms with Crippen LogP contribution in [-0.4, -0.2) is 86.4 Å². The highest BCUT2D eigenvalue weighted by Crippen LogP contribution is 2.52. The van der Waals surface area contributed by atoms with Gasteiger partial charge in [0.05, 0.1) is 18.3 Å². The molecule has 3 aliphatic carbocycles. The molecular weight excluding hydrogens is 480 g/mol. The van der Waals surface area contributed by atoms with Crippen molar-refractivity contribution in [3.05, 3.63) is 39.4 Å². The molecule has 0 spiro atoms. The zero-order valence-corrected chi connectivity index (χ0v) is 19.9. The van der Waals surface area contributed by atoms with Crippen LogP contribution in [0.3, 0.4) is 0 Å². The zero-order valence-electron chi connectivity index (χ0n) is 19.1. The third-order valence-corrected chi connectivity index (χ3v) is 7.70. The van der Waals surface area contributed by atoms with Gasteiger partial charge in [-0.25, -0.2) is 0 Å². The Balaban J connectivity index is 1.93. The predicted octanol–water partition coefficient (Wildman–Crippen LogP) is -0.299. The van der Waals surface area contributed by atoms with Gasteiger partial charge in [-0.3, -0.25) is 14.4 Å². The fourth-order valence-electron chi connectivity index (χ4n) is 5.98. The lowest BCUT2D eigenvalue weighted by molar-refractivity contribution is -0.184. The van der Waals surface area contributed by atoms with Crippen LogP contribution in [-0.2, 0) is 20.8 Å². The molecule has 2 fully saturated rings. The summed E-state index contributed by atoms with van der Waals surface area (Å²) in [6.07, 6.45) is 0.0960. The number of primary amides is 1. The largest absolute Gasteiger partial charge is 0.507 e. The molecular formula is C24H27ClN2O8. The molecule has 11 heteroatoms. The average Bonchev–Trinajstić information content (AvgIpc) is 2.77. The number of hydrogen-bond donors (Lipinski definition) is 6. The molecule has 0 bridgehead atoms. The van der Waals surface area contributed by atoms with Crippen molar-refractivity contribution in [3.63, 3.8) is 0 Å². The molecule has 188 valence electrons. The van der Waals surface area contributed by atoms with Crippen LogP contribution in [0.15, 0.2) is 22.7 Å². The number of Topliss-reactive ketones (excluding diaryl/α,β-unsaturated/α-hetero) is 2. The summed E-state index contributed by atoms with van der Waals surface area (Å²) in [6, 6.07) is 1.89. The normalized spacial score (nSPS) is 32.9. The predicted molar refractivity (Wildman–Crippen MR) is 125 cm³/mol. The van der Waals surface area contributed by atoms with Gasteiger partial charge in [-0.2, -0.15) is 0 Å². The van der Waals surface area contributed by atoms with Crippen LogP contribution in [0.4, 0.5) is 0 Å². The van der Waals surface area contributed by atoms with Crippen LogP contribution < -0.4 is 5.73 Å². The maximum atomic E-state index is 13.7. The molecule has 4 rings (SSSR count). The summed E-state index contributed by atoms with van der Waals surface area (Å²) in [5.41, 5.74) is 3.37. The molecule has 0 aromatic heterocycles. The number of aliphatic hydroxyl groups is 4. The summed E-state index contributed by atoms with van der Waals surface area (Å²) < 4.78 is 0. The van der Waals surface area contributed by atoms with Gasteiger partial charge in [0.25, 0.3) is 0 Å². The molecule has 10 nitrogen and oxygen atoms in total. The number of likely N-dealkylation sites (N-methyl/N-ethyl adjacent to an activating group) is 1. The number of phenols is 1. The maximum absolute atomic E-state index is 13.7. The molecule has 1 aromatic carbocycles. The van der Waals surface area contributed by atoms with Crippen LogP contribution in [0.25, 0.3) is 11.8 Å². The molecule has 0 heterocycles. The summed E-state index contributed by atoms with van der Waals surface area (Å²) in [5.74, 6) is -7.94. The first-order chi connectivity index (χ1) is 16.4. The third-order valence-electron chi connectivity index (χ3n) is 7.47. The van der Waals surface area contributed by atoms with E-state index < -0.39 is 65.3 Å². The fraction of sp³-hybridized carbons (Fsp3) is 0.458. The molecule has 0 saturated heterocycles. The number of carbonyl (C=O) groups is 3. The molecule has 2 saturated carbocycles. The Hall–Kier alpha value is -2.76. The van der Waals surface area contributed by atoms with Crippen LogP contribution in [0, 0.1) is 17.8 Å². The number of phenolic OH excluding ortho intramolecular Hbond substituents is 1. The number of rotatable bonds is 4. The second kappa shape index (κ2) is 8.72. The lowest BCUT2D eigenvalue weighted by atomic mass is 9.54. The first kappa shape index (κ1) is 25.3. The van der Waals surface area contributed by atoms with E-state index in [1.165, 1.54) is 17.0 Å². The minimum atomic E-state index is -2.70. The summed E-state index contributed by atoms with van der Waals surface area (Å²) in [5, 5.41) is 53.5. The number of hydrogen-bond acceptors (Lipinski definition) is 9. The van der Waals surface area contributed by atoms with Crippen LogP contribution in [0.2, 0.25) is 0 Å². The summed E-state index contributed by atoms with van der Waals surface area (Å²) in [6.45, 7) is -0.424. The number of amides is 1. The standard InChI is InChI=1S/C24H27ClN2O8/c1-27(2)18-13-7-10-6-12-9(5-11(25)8-28)3-4-14(29)16(12)19(30)15(10)21(32)24(13,35)22(33)17(20(18)31)23(26)34/h3-5,10,13,17-18,20,28-31,35H,6-8H2,1-2H3,(H2,26,34)/b11-5-/t10-,13-,17?,18-,20?,24-/m1/s1. The SMILES string of the molecule is CN(C)[C@H]1C(O)C(C(N)=O)C(=O)[C@]2(O)C(=O)C3=C(O)c4c(O)ccc(/C=C(\Cl)CO)c4C[C@@H]3C[C@H]12. The number of ketones is 2. The zero-order chi connectivity index (χ0) is 26.0. The van der Waals surface area contributed by atoms with Crippen molar-refractivity contribution >= 4 is 40.9 Å². The van der Waals surface area contributed by atoms with E-state index in [4.69, 9.17) is 17.3 Å². The first-order valence-electron chi connectivity index (χ1n) is 11.1. The third kappa shape index (κ3) is 3.59. The second-order valence-electron chi connectivity index (χ2n) is 9.57. The highest BCUT2D eigenvalue weighted by molar-refractivity contribution is 6.31. The highest BCUT2D eigenvalue weighted by atomic mass is 35.5. The van der Waals surface area contributed by atoms with E-state index in [0.717, 1.165) is 0 Å². The van der Waals surface area contributed by atoms with Gasteiger partial charge in [0.2, 0.25) is 11.7 Å². The lowest BCUT2D eigenvalue weighted by Gasteiger charge is -2.53. The number of halogens is 1. The number of aromatic hydroxyl groups is 1. The molecule has 6 atom stereocenters. The summed E-state index contributed by atoms with van der Waals surface area (Å²) >= 11 is 5.99. The summed E-state index contributed by atoms with van der Waals surface area (Å²) in [7, 11) is 3.17. The Bertz CT molecular complexity index is 1190. The van der Waals surface area contributed by atoms with Gasteiger partial charge in [-0.1, -0.05) is 17.7 Å². The minimum absolute atomic E-state index is 0.0186. The first-order valence-corrected chi connectivity index (χ1v) is 11.4. The maximum Gasteiger partial charge on any atom is 0.230 e. The number of carbonyl (C=O) groups excluding carboxylic acids is 3. The van der Waals surface area contributed by atoms with Crippen molar-refractivity contribution < 1.29 is 39.9 Å². The molecule has 1 aromatic rings. The Kier molecular flexibility index (Phi) is 6.31. The second-order valence-corrected chi connectivity index (χ2v) is 10.1. The van der Waals surface area contributed by atoms with Crippen molar-refractivity contribution in [2.45, 2.75) is 30.6 Å². The smallest absolute Gasteiger partial charge is 0.230 e. The van der Waals surface area contributed by atoms with Crippen LogP contribution in [0.5, 0.6) is 5.75 Å². The Labute approximate surface area is 205 Å². The molecule has 2 unspecified atom stereocenters. The molecule has 3 aliphatic rings. The number of nitrogens with two attached hydrogens (primary N) is 1. The number of aliphatic hydroxyl groups excluding tert-OH is 3. The van der Waals surface area contributed by atoms with Gasteiger partial charge >= 0.3 is 0 Å². The molecule has 35 heavy (non-hydrogen) atoms.